The number of nitrogens with zero attached hydrogens (tertiary/aromatic N) is 4. The second kappa shape index (κ2) is 8.96. The number of carbonyl (C=O) groups is 1. The van der Waals surface area contributed by atoms with Crippen LogP contribution in [0.2, 0.25) is 10.0 Å². The molecule has 0 radical (unpaired) electrons. The highest BCUT2D eigenvalue weighted by Crippen LogP contribution is 2.32. The Labute approximate surface area is 192 Å². The third-order valence-corrected chi connectivity index (χ3v) is 5.88. The third-order valence-electron chi connectivity index (χ3n) is 5.14. The number of hydrogen-bond donors (Lipinski definition) is 0. The molecule has 0 atom stereocenters. The first-order chi connectivity index (χ1) is 15.2. The molecule has 10 heteroatoms. The van der Waals surface area contributed by atoms with Crippen molar-refractivity contribution in [1.29, 1.82) is 0 Å². The number of rotatable bonds is 3. The minimum atomic E-state index is -4.43. The van der Waals surface area contributed by atoms with Crippen molar-refractivity contribution >= 4 is 35.1 Å². The van der Waals surface area contributed by atoms with E-state index in [9.17, 15) is 18.0 Å². The first-order valence-electron chi connectivity index (χ1n) is 9.72. The highest BCUT2D eigenvalue weighted by atomic mass is 35.5. The third kappa shape index (κ3) is 4.81. The zero-order valence-corrected chi connectivity index (χ0v) is 18.1. The van der Waals surface area contributed by atoms with Gasteiger partial charge in [-0.3, -0.25) is 4.79 Å². The predicted molar refractivity (Wildman–Crippen MR) is 117 cm³/mol. The second-order valence-electron chi connectivity index (χ2n) is 7.23. The van der Waals surface area contributed by atoms with Gasteiger partial charge < -0.3 is 9.80 Å². The number of hydrogen-bond acceptors (Lipinski definition) is 4. The molecule has 2 aromatic carbocycles. The molecule has 1 amide bonds. The highest BCUT2D eigenvalue weighted by Gasteiger charge is 2.30. The Morgan fingerprint density at radius 1 is 0.938 bits per heavy atom. The molecule has 5 nitrogen and oxygen atoms in total. The number of aromatic nitrogens is 2. The van der Waals surface area contributed by atoms with Gasteiger partial charge >= 0.3 is 6.18 Å². The fourth-order valence-electron chi connectivity index (χ4n) is 3.44. The van der Waals surface area contributed by atoms with Crippen LogP contribution in [0, 0.1) is 0 Å². The summed E-state index contributed by atoms with van der Waals surface area (Å²) in [5.41, 5.74) is 0.479. The molecule has 2 heterocycles. The molecular formula is C22H17Cl2F3N4O. The molecule has 0 aliphatic carbocycles. The molecule has 32 heavy (non-hydrogen) atoms. The van der Waals surface area contributed by atoms with E-state index in [1.807, 2.05) is 4.90 Å². The van der Waals surface area contributed by atoms with Crippen LogP contribution in [0.25, 0.3) is 11.3 Å². The Kier molecular flexibility index (Phi) is 6.26. The lowest BCUT2D eigenvalue weighted by atomic mass is 10.1. The summed E-state index contributed by atoms with van der Waals surface area (Å²) in [6.07, 6.45) is -2.91. The summed E-state index contributed by atoms with van der Waals surface area (Å²) in [6, 6.07) is 11.4. The molecule has 1 aliphatic rings. The van der Waals surface area contributed by atoms with Crippen LogP contribution in [0.1, 0.15) is 15.9 Å². The Morgan fingerprint density at radius 3 is 2.38 bits per heavy atom. The van der Waals surface area contributed by atoms with E-state index in [1.54, 1.807) is 35.2 Å². The van der Waals surface area contributed by atoms with Crippen LogP contribution >= 0.6 is 23.2 Å². The molecule has 4 rings (SSSR count). The average molecular weight is 481 g/mol. The first-order valence-corrected chi connectivity index (χ1v) is 10.5. The molecular weight excluding hydrogens is 464 g/mol. The van der Waals surface area contributed by atoms with Gasteiger partial charge in [0.15, 0.2) is 0 Å². The largest absolute Gasteiger partial charge is 0.416 e. The van der Waals surface area contributed by atoms with Gasteiger partial charge in [0.2, 0.25) is 5.95 Å². The minimum absolute atomic E-state index is 0.151. The van der Waals surface area contributed by atoms with E-state index < -0.39 is 11.7 Å². The standard InChI is InChI=1S/C22H17Cl2F3N4O/c23-17-5-4-15(13-18(17)24)20(32)30-8-10-31(11-9-30)21-28-7-6-19(29-21)14-2-1-3-16(12-14)22(25,26)27/h1-7,12-13H,8-11H2. The lowest BCUT2D eigenvalue weighted by Crippen LogP contribution is -2.49. The smallest absolute Gasteiger partial charge is 0.337 e. The van der Waals surface area contributed by atoms with Crippen LogP contribution in [-0.4, -0.2) is 47.0 Å². The number of amides is 1. The van der Waals surface area contributed by atoms with Crippen LogP contribution in [0.15, 0.2) is 54.7 Å². The quantitative estimate of drug-likeness (QED) is 0.501. The van der Waals surface area contributed by atoms with Crippen molar-refractivity contribution < 1.29 is 18.0 Å². The summed E-state index contributed by atoms with van der Waals surface area (Å²) in [4.78, 5) is 25.1. The Morgan fingerprint density at radius 2 is 1.69 bits per heavy atom. The van der Waals surface area contributed by atoms with E-state index in [1.165, 1.54) is 12.3 Å². The monoisotopic (exact) mass is 480 g/mol. The molecule has 3 aromatic rings. The van der Waals surface area contributed by atoms with Crippen molar-refractivity contribution in [2.24, 2.45) is 0 Å². The number of anilines is 1. The van der Waals surface area contributed by atoms with Crippen LogP contribution in [0.4, 0.5) is 19.1 Å². The van der Waals surface area contributed by atoms with Crippen LogP contribution in [0.5, 0.6) is 0 Å². The Bertz CT molecular complexity index is 1150. The van der Waals surface area contributed by atoms with Gasteiger partial charge in [-0.2, -0.15) is 13.2 Å². The van der Waals surface area contributed by atoms with E-state index >= 15 is 0 Å². The van der Waals surface area contributed by atoms with Crippen molar-refractivity contribution in [3.63, 3.8) is 0 Å². The van der Waals surface area contributed by atoms with Crippen LogP contribution in [0.3, 0.4) is 0 Å². The number of carbonyl (C=O) groups excluding carboxylic acids is 1. The molecule has 1 saturated heterocycles. The zero-order chi connectivity index (χ0) is 22.9. The number of alkyl halides is 3. The summed E-state index contributed by atoms with van der Waals surface area (Å²) in [6.45, 7) is 1.85. The zero-order valence-electron chi connectivity index (χ0n) is 16.6. The molecule has 0 spiro atoms. The number of halogens is 5. The molecule has 1 aliphatic heterocycles. The minimum Gasteiger partial charge on any atom is -0.337 e. The van der Waals surface area contributed by atoms with Gasteiger partial charge in [-0.05, 0) is 36.4 Å². The van der Waals surface area contributed by atoms with Gasteiger partial charge in [-0.15, -0.1) is 0 Å². The fraction of sp³-hybridized carbons (Fsp3) is 0.227. The van der Waals surface area contributed by atoms with Crippen LogP contribution < -0.4 is 4.90 Å². The van der Waals surface area contributed by atoms with Gasteiger partial charge in [-0.1, -0.05) is 35.3 Å². The Balaban J connectivity index is 1.46. The summed E-state index contributed by atoms with van der Waals surface area (Å²) < 4.78 is 39.1. The predicted octanol–water partition coefficient (Wildman–Crippen LogP) is 5.43. The van der Waals surface area contributed by atoms with Crippen molar-refractivity contribution in [3.05, 3.63) is 75.9 Å². The van der Waals surface area contributed by atoms with Crippen molar-refractivity contribution in [1.82, 2.24) is 14.9 Å². The molecule has 0 saturated carbocycles. The second-order valence-corrected chi connectivity index (χ2v) is 8.04. The SMILES string of the molecule is O=C(c1ccc(Cl)c(Cl)c1)N1CCN(c2nccc(-c3cccc(C(F)(F)F)c3)n2)CC1. The summed E-state index contributed by atoms with van der Waals surface area (Å²) in [5, 5.41) is 0.696. The fourth-order valence-corrected chi connectivity index (χ4v) is 3.74. The van der Waals surface area contributed by atoms with E-state index in [2.05, 4.69) is 9.97 Å². The van der Waals surface area contributed by atoms with E-state index in [-0.39, 0.29) is 5.91 Å². The van der Waals surface area contributed by atoms with Crippen molar-refractivity contribution in [2.75, 3.05) is 31.1 Å². The molecule has 0 unspecified atom stereocenters. The van der Waals surface area contributed by atoms with Gasteiger partial charge in [-0.25, -0.2) is 9.97 Å². The normalized spacial score (nSPS) is 14.5. The molecule has 0 bridgehead atoms. The molecule has 0 N–H and O–H groups in total. The maximum absolute atomic E-state index is 13.0. The lowest BCUT2D eigenvalue weighted by molar-refractivity contribution is -0.137. The Hall–Kier alpha value is -2.84. The van der Waals surface area contributed by atoms with Gasteiger partial charge in [0.1, 0.15) is 0 Å². The highest BCUT2D eigenvalue weighted by molar-refractivity contribution is 6.42. The summed E-state index contributed by atoms with van der Waals surface area (Å²) >= 11 is 11.9. The van der Waals surface area contributed by atoms with Crippen molar-refractivity contribution in [3.8, 4) is 11.3 Å². The van der Waals surface area contributed by atoms with E-state index in [0.717, 1.165) is 12.1 Å². The summed E-state index contributed by atoms with van der Waals surface area (Å²) in [7, 11) is 0. The van der Waals surface area contributed by atoms with Gasteiger partial charge in [0, 0.05) is 43.5 Å². The maximum atomic E-state index is 13.0. The van der Waals surface area contributed by atoms with Crippen molar-refractivity contribution in [2.45, 2.75) is 6.18 Å². The average Bonchev–Trinajstić information content (AvgIpc) is 2.80. The molecule has 1 fully saturated rings. The van der Waals surface area contributed by atoms with E-state index in [0.29, 0.717) is 59.0 Å². The summed E-state index contributed by atoms with van der Waals surface area (Å²) in [5.74, 6) is 0.253. The lowest BCUT2D eigenvalue weighted by Gasteiger charge is -2.34. The number of benzene rings is 2. The topological polar surface area (TPSA) is 49.3 Å². The first kappa shape index (κ1) is 22.4. The van der Waals surface area contributed by atoms with E-state index in [4.69, 9.17) is 23.2 Å². The maximum Gasteiger partial charge on any atom is 0.416 e. The molecule has 1 aromatic heterocycles. The van der Waals surface area contributed by atoms with Gasteiger partial charge in [0.05, 0.1) is 21.3 Å². The van der Waals surface area contributed by atoms with Gasteiger partial charge in [0.25, 0.3) is 5.91 Å². The van der Waals surface area contributed by atoms with Crippen LogP contribution in [-0.2, 0) is 6.18 Å². The number of piperazine rings is 1. The molecule has 166 valence electrons.